The van der Waals surface area contributed by atoms with Crippen LogP contribution in [-0.2, 0) is 27.1 Å². The minimum atomic E-state index is -4.47. The van der Waals surface area contributed by atoms with Gasteiger partial charge in [-0.05, 0) is 29.8 Å². The lowest BCUT2D eigenvalue weighted by Crippen LogP contribution is -2.34. The van der Waals surface area contributed by atoms with Crippen LogP contribution in [0.4, 0.5) is 13.2 Å². The maximum Gasteiger partial charge on any atom is 0.416 e. The molecule has 0 fully saturated rings. The van der Waals surface area contributed by atoms with Crippen molar-refractivity contribution in [3.05, 3.63) is 65.7 Å². The lowest BCUT2D eigenvalue weighted by Gasteiger charge is -2.10. The summed E-state index contributed by atoms with van der Waals surface area (Å²) in [5.74, 6) is -0.782. The topological polar surface area (TPSA) is 64.6 Å². The van der Waals surface area contributed by atoms with Crippen LogP contribution in [0, 0.1) is 0 Å². The summed E-state index contributed by atoms with van der Waals surface area (Å²) in [6, 6.07) is 13.1. The summed E-state index contributed by atoms with van der Waals surface area (Å²) in [6.07, 6.45) is -4.47. The Morgan fingerprint density at radius 1 is 1.00 bits per heavy atom. The molecular weight excluding hydrogens is 351 g/mol. The summed E-state index contributed by atoms with van der Waals surface area (Å²) in [5, 5.41) is 2.31. The second-order valence-corrected chi connectivity index (χ2v) is 5.24. The van der Waals surface area contributed by atoms with E-state index in [4.69, 9.17) is 9.47 Å². The highest BCUT2D eigenvalue weighted by Crippen LogP contribution is 2.29. The smallest absolute Gasteiger partial charge is 0.416 e. The lowest BCUT2D eigenvalue weighted by molar-refractivity contribution is -0.145. The normalized spacial score (nSPS) is 10.9. The molecule has 0 spiro atoms. The molecule has 8 heteroatoms. The molecule has 2 aromatic carbocycles. The van der Waals surface area contributed by atoms with E-state index in [0.29, 0.717) is 5.75 Å². The van der Waals surface area contributed by atoms with Gasteiger partial charge in [-0.15, -0.1) is 0 Å². The number of hydrogen-bond acceptors (Lipinski definition) is 4. The molecule has 0 aliphatic heterocycles. The van der Waals surface area contributed by atoms with E-state index in [1.807, 2.05) is 0 Å². The zero-order valence-corrected chi connectivity index (χ0v) is 13.6. The number of benzene rings is 2. The van der Waals surface area contributed by atoms with Crippen molar-refractivity contribution in [2.45, 2.75) is 12.8 Å². The standard InChI is InChI=1S/C18H16F3NO4/c19-18(20,21)14-6-4-5-13(9-14)11-26-17(24)10-22-16(23)12-25-15-7-2-1-3-8-15/h1-9H,10-12H2,(H,22,23). The third-order valence-electron chi connectivity index (χ3n) is 3.20. The van der Waals surface area contributed by atoms with Crippen LogP contribution in [-0.4, -0.2) is 25.0 Å². The lowest BCUT2D eigenvalue weighted by atomic mass is 10.1. The van der Waals surface area contributed by atoms with Gasteiger partial charge in [0.2, 0.25) is 0 Å². The molecule has 0 aliphatic rings. The number of esters is 1. The van der Waals surface area contributed by atoms with Crippen molar-refractivity contribution in [2.75, 3.05) is 13.2 Å². The van der Waals surface area contributed by atoms with Crippen molar-refractivity contribution in [3.63, 3.8) is 0 Å². The van der Waals surface area contributed by atoms with E-state index in [1.54, 1.807) is 30.3 Å². The summed E-state index contributed by atoms with van der Waals surface area (Å²) in [4.78, 5) is 23.2. The highest BCUT2D eigenvalue weighted by atomic mass is 19.4. The van der Waals surface area contributed by atoms with Crippen LogP contribution in [0.15, 0.2) is 54.6 Å². The third-order valence-corrected chi connectivity index (χ3v) is 3.20. The quantitative estimate of drug-likeness (QED) is 0.765. The summed E-state index contributed by atoms with van der Waals surface area (Å²) in [5.41, 5.74) is -0.621. The SMILES string of the molecule is O=C(COc1ccccc1)NCC(=O)OCc1cccc(C(F)(F)F)c1. The first-order valence-electron chi connectivity index (χ1n) is 7.61. The van der Waals surface area contributed by atoms with E-state index < -0.39 is 30.2 Å². The van der Waals surface area contributed by atoms with Crippen molar-refractivity contribution >= 4 is 11.9 Å². The fourth-order valence-electron chi connectivity index (χ4n) is 1.94. The van der Waals surface area contributed by atoms with Crippen molar-refractivity contribution in [1.82, 2.24) is 5.32 Å². The molecule has 5 nitrogen and oxygen atoms in total. The maximum atomic E-state index is 12.6. The first-order chi connectivity index (χ1) is 12.3. The Balaban J connectivity index is 1.71. The maximum absolute atomic E-state index is 12.6. The zero-order chi connectivity index (χ0) is 19.0. The molecular formula is C18H16F3NO4. The van der Waals surface area contributed by atoms with Crippen LogP contribution in [0.25, 0.3) is 0 Å². The molecule has 0 aliphatic carbocycles. The summed E-state index contributed by atoms with van der Waals surface area (Å²) >= 11 is 0. The Morgan fingerprint density at radius 2 is 1.73 bits per heavy atom. The molecule has 0 atom stereocenters. The van der Waals surface area contributed by atoms with Crippen molar-refractivity contribution in [3.8, 4) is 5.75 Å². The summed E-state index contributed by atoms with van der Waals surface area (Å²) in [7, 11) is 0. The predicted molar refractivity (Wildman–Crippen MR) is 86.2 cm³/mol. The molecule has 0 radical (unpaired) electrons. The fraction of sp³-hybridized carbons (Fsp3) is 0.222. The number of para-hydroxylation sites is 1. The molecule has 2 rings (SSSR count). The number of ether oxygens (including phenoxy) is 2. The minimum Gasteiger partial charge on any atom is -0.484 e. The van der Waals surface area contributed by atoms with Crippen LogP contribution in [0.1, 0.15) is 11.1 Å². The molecule has 2 aromatic rings. The van der Waals surface area contributed by atoms with Gasteiger partial charge in [0.05, 0.1) is 5.56 Å². The summed E-state index contributed by atoms with van der Waals surface area (Å²) in [6.45, 7) is -1.000. The van der Waals surface area contributed by atoms with E-state index >= 15 is 0 Å². The van der Waals surface area contributed by atoms with Gasteiger partial charge in [-0.2, -0.15) is 13.2 Å². The average molecular weight is 367 g/mol. The highest BCUT2D eigenvalue weighted by molar-refractivity contribution is 5.82. The molecule has 1 amide bonds. The Bertz CT molecular complexity index is 748. The third kappa shape index (κ3) is 6.46. The molecule has 0 saturated heterocycles. The number of nitrogens with one attached hydrogen (secondary N) is 1. The van der Waals surface area contributed by atoms with Gasteiger partial charge >= 0.3 is 12.1 Å². The Kier molecular flexibility index (Phi) is 6.60. The van der Waals surface area contributed by atoms with E-state index in [1.165, 1.54) is 12.1 Å². The van der Waals surface area contributed by atoms with Crippen molar-refractivity contribution in [2.24, 2.45) is 0 Å². The van der Waals surface area contributed by atoms with Gasteiger partial charge in [0.1, 0.15) is 18.9 Å². The van der Waals surface area contributed by atoms with Gasteiger partial charge in [-0.25, -0.2) is 0 Å². The van der Waals surface area contributed by atoms with E-state index in [2.05, 4.69) is 5.32 Å². The van der Waals surface area contributed by atoms with Crippen molar-refractivity contribution < 1.29 is 32.2 Å². The van der Waals surface area contributed by atoms with Gasteiger partial charge in [0.15, 0.2) is 6.61 Å². The van der Waals surface area contributed by atoms with E-state index in [9.17, 15) is 22.8 Å². The van der Waals surface area contributed by atoms with Crippen LogP contribution in [0.5, 0.6) is 5.75 Å². The molecule has 26 heavy (non-hydrogen) atoms. The molecule has 0 unspecified atom stereocenters. The number of carbonyl (C=O) groups excluding carboxylic acids is 2. The second-order valence-electron chi connectivity index (χ2n) is 5.24. The number of carbonyl (C=O) groups is 2. The van der Waals surface area contributed by atoms with Gasteiger partial charge in [-0.3, -0.25) is 9.59 Å². The number of amides is 1. The van der Waals surface area contributed by atoms with Crippen LogP contribution in [0.3, 0.4) is 0 Å². The zero-order valence-electron chi connectivity index (χ0n) is 13.6. The first kappa shape index (κ1) is 19.3. The fourth-order valence-corrected chi connectivity index (χ4v) is 1.94. The molecule has 0 heterocycles. The number of hydrogen-bond donors (Lipinski definition) is 1. The number of rotatable bonds is 7. The second kappa shape index (κ2) is 8.89. The predicted octanol–water partition coefficient (Wildman–Crippen LogP) is 2.94. The molecule has 138 valence electrons. The van der Waals surface area contributed by atoms with Gasteiger partial charge in [-0.1, -0.05) is 30.3 Å². The summed E-state index contributed by atoms with van der Waals surface area (Å²) < 4.78 is 47.9. The Morgan fingerprint density at radius 3 is 2.42 bits per heavy atom. The molecule has 0 aromatic heterocycles. The van der Waals surface area contributed by atoms with Crippen LogP contribution in [0.2, 0.25) is 0 Å². The minimum absolute atomic E-state index is 0.201. The number of alkyl halides is 3. The van der Waals surface area contributed by atoms with Gasteiger partial charge in [0, 0.05) is 0 Å². The van der Waals surface area contributed by atoms with Crippen molar-refractivity contribution in [1.29, 1.82) is 0 Å². The first-order valence-corrected chi connectivity index (χ1v) is 7.61. The Labute approximate surface area is 147 Å². The van der Waals surface area contributed by atoms with E-state index in [-0.39, 0.29) is 18.8 Å². The monoisotopic (exact) mass is 367 g/mol. The van der Waals surface area contributed by atoms with Crippen LogP contribution >= 0.6 is 0 Å². The Hall–Kier alpha value is -3.03. The molecule has 1 N–H and O–H groups in total. The molecule has 0 bridgehead atoms. The average Bonchev–Trinajstić information content (AvgIpc) is 2.63. The molecule has 0 saturated carbocycles. The number of halogens is 3. The highest BCUT2D eigenvalue weighted by Gasteiger charge is 2.30. The van der Waals surface area contributed by atoms with E-state index in [0.717, 1.165) is 12.1 Å². The van der Waals surface area contributed by atoms with Gasteiger partial charge in [0.25, 0.3) is 5.91 Å². The van der Waals surface area contributed by atoms with Crippen LogP contribution < -0.4 is 10.1 Å². The van der Waals surface area contributed by atoms with Gasteiger partial charge < -0.3 is 14.8 Å². The largest absolute Gasteiger partial charge is 0.484 e.